The number of thioether (sulfide) groups is 1. The average molecular weight is 213 g/mol. The van der Waals surface area contributed by atoms with Crippen molar-refractivity contribution in [1.82, 2.24) is 4.90 Å². The fourth-order valence-corrected chi connectivity index (χ4v) is 1.65. The van der Waals surface area contributed by atoms with Gasteiger partial charge in [0.2, 0.25) is 0 Å². The molecule has 0 bridgehead atoms. The number of benzene rings is 1. The van der Waals surface area contributed by atoms with Crippen LogP contribution in [0.25, 0.3) is 0 Å². The molecule has 0 aliphatic rings. The Bertz CT molecular complexity index is 256. The smallest absolute Gasteiger partial charge is 0.0779 e. The van der Waals surface area contributed by atoms with Gasteiger partial charge in [-0.05, 0) is 38.0 Å². The minimum Gasteiger partial charge on any atom is -0.294 e. The van der Waals surface area contributed by atoms with Gasteiger partial charge in [0.15, 0.2) is 0 Å². The number of hydrogen-bond acceptors (Lipinski definition) is 3. The average Bonchev–Trinajstić information content (AvgIpc) is 2.17. The van der Waals surface area contributed by atoms with Crippen LogP contribution in [0.4, 0.5) is 0 Å². The third-order valence-corrected chi connectivity index (χ3v) is 3.41. The van der Waals surface area contributed by atoms with Crippen LogP contribution in [0, 0.1) is 0 Å². The van der Waals surface area contributed by atoms with Crippen LogP contribution in [-0.4, -0.2) is 25.3 Å². The third-order valence-electron chi connectivity index (χ3n) is 1.90. The minimum atomic E-state index is 0.191. The lowest BCUT2D eigenvalue weighted by molar-refractivity contribution is 0.393. The number of hydrogen-bond donors (Lipinski definition) is 1. The molecule has 0 spiro atoms. The maximum absolute atomic E-state index is 4.50. The molecule has 3 heteroatoms. The van der Waals surface area contributed by atoms with Gasteiger partial charge in [0.25, 0.3) is 0 Å². The first-order chi connectivity index (χ1) is 6.15. The van der Waals surface area contributed by atoms with Gasteiger partial charge in [0.1, 0.15) is 0 Å². The van der Waals surface area contributed by atoms with Crippen LogP contribution in [0.1, 0.15) is 10.9 Å². The Kier molecular flexibility index (Phi) is 4.16. The summed E-state index contributed by atoms with van der Waals surface area (Å²) in [5.41, 5.74) is 1.24. The fourth-order valence-electron chi connectivity index (χ4n) is 1.07. The van der Waals surface area contributed by atoms with Crippen molar-refractivity contribution in [2.24, 2.45) is 0 Å². The van der Waals surface area contributed by atoms with Gasteiger partial charge in [-0.3, -0.25) is 4.90 Å². The highest BCUT2D eigenvalue weighted by atomic mass is 32.2. The molecular formula is C10H15NS2. The minimum absolute atomic E-state index is 0.191. The Hall–Kier alpha value is -0.120. The van der Waals surface area contributed by atoms with Crippen LogP contribution < -0.4 is 0 Å². The van der Waals surface area contributed by atoms with Crippen molar-refractivity contribution in [3.05, 3.63) is 29.8 Å². The van der Waals surface area contributed by atoms with Crippen molar-refractivity contribution < 1.29 is 0 Å². The van der Waals surface area contributed by atoms with Crippen molar-refractivity contribution in [3.63, 3.8) is 0 Å². The summed E-state index contributed by atoms with van der Waals surface area (Å²) in [5.74, 6) is 0. The topological polar surface area (TPSA) is 3.24 Å². The van der Waals surface area contributed by atoms with E-state index in [-0.39, 0.29) is 5.37 Å². The molecule has 0 aliphatic heterocycles. The summed E-state index contributed by atoms with van der Waals surface area (Å²) >= 11 is 6.26. The summed E-state index contributed by atoms with van der Waals surface area (Å²) in [4.78, 5) is 3.38. The summed E-state index contributed by atoms with van der Waals surface area (Å²) < 4.78 is 0. The molecule has 0 fully saturated rings. The highest BCUT2D eigenvalue weighted by Gasteiger charge is 2.07. The van der Waals surface area contributed by atoms with E-state index >= 15 is 0 Å². The lowest BCUT2D eigenvalue weighted by atomic mass is 10.2. The van der Waals surface area contributed by atoms with Crippen LogP contribution in [0.5, 0.6) is 0 Å². The van der Waals surface area contributed by atoms with E-state index in [2.05, 4.69) is 48.0 Å². The van der Waals surface area contributed by atoms with Crippen molar-refractivity contribution >= 4 is 24.4 Å². The lowest BCUT2D eigenvalue weighted by Gasteiger charge is -2.19. The zero-order valence-electron chi connectivity index (χ0n) is 8.19. The fraction of sp³-hybridized carbons (Fsp3) is 0.400. The van der Waals surface area contributed by atoms with E-state index in [1.165, 1.54) is 10.5 Å². The van der Waals surface area contributed by atoms with Crippen molar-refractivity contribution in [2.45, 2.75) is 10.3 Å². The molecular weight excluding hydrogens is 198 g/mol. The van der Waals surface area contributed by atoms with Gasteiger partial charge in [-0.25, -0.2) is 0 Å². The Morgan fingerprint density at radius 2 is 1.77 bits per heavy atom. The van der Waals surface area contributed by atoms with E-state index in [1.807, 2.05) is 14.1 Å². The van der Waals surface area contributed by atoms with E-state index in [9.17, 15) is 0 Å². The van der Waals surface area contributed by atoms with Crippen molar-refractivity contribution in [3.8, 4) is 0 Å². The van der Waals surface area contributed by atoms with Gasteiger partial charge >= 0.3 is 0 Å². The second kappa shape index (κ2) is 4.94. The maximum atomic E-state index is 4.50. The molecule has 13 heavy (non-hydrogen) atoms. The molecule has 1 aromatic rings. The van der Waals surface area contributed by atoms with Crippen LogP contribution in [-0.2, 0) is 0 Å². The van der Waals surface area contributed by atoms with Gasteiger partial charge in [-0.15, -0.1) is 11.8 Å². The van der Waals surface area contributed by atoms with Crippen LogP contribution >= 0.6 is 24.4 Å². The summed E-state index contributed by atoms with van der Waals surface area (Å²) in [7, 11) is 4.06. The highest BCUT2D eigenvalue weighted by Crippen LogP contribution is 2.24. The van der Waals surface area contributed by atoms with E-state index in [0.717, 1.165) is 0 Å². The van der Waals surface area contributed by atoms with E-state index in [4.69, 9.17) is 0 Å². The Morgan fingerprint density at radius 1 is 1.23 bits per heavy atom. The van der Waals surface area contributed by atoms with Gasteiger partial charge < -0.3 is 0 Å². The lowest BCUT2D eigenvalue weighted by Crippen LogP contribution is -2.14. The normalized spacial score (nSPS) is 13.3. The first-order valence-electron chi connectivity index (χ1n) is 4.13. The molecule has 0 amide bonds. The molecule has 72 valence electrons. The molecule has 1 nitrogen and oxygen atoms in total. The predicted molar refractivity (Wildman–Crippen MR) is 63.6 cm³/mol. The zero-order chi connectivity index (χ0) is 9.84. The molecule has 0 saturated carbocycles. The molecule has 0 radical (unpaired) electrons. The quantitative estimate of drug-likeness (QED) is 0.467. The van der Waals surface area contributed by atoms with Crippen LogP contribution in [0.2, 0.25) is 0 Å². The summed E-state index contributed by atoms with van der Waals surface area (Å²) in [6.45, 7) is 0. The monoisotopic (exact) mass is 213 g/mol. The molecule has 0 aliphatic carbocycles. The molecule has 1 atom stereocenters. The molecule has 1 aromatic carbocycles. The van der Waals surface area contributed by atoms with Crippen LogP contribution in [0.3, 0.4) is 0 Å². The number of rotatable bonds is 3. The first kappa shape index (κ1) is 11.0. The third kappa shape index (κ3) is 2.93. The maximum Gasteiger partial charge on any atom is 0.0779 e. The Labute approximate surface area is 89.9 Å². The zero-order valence-corrected chi connectivity index (χ0v) is 9.90. The summed E-state index contributed by atoms with van der Waals surface area (Å²) in [5, 5.41) is 0.191. The predicted octanol–water partition coefficient (Wildman–Crippen LogP) is 2.90. The van der Waals surface area contributed by atoms with Gasteiger partial charge in [0.05, 0.1) is 5.37 Å². The second-order valence-corrected chi connectivity index (χ2v) is 4.48. The first-order valence-corrected chi connectivity index (χ1v) is 5.87. The molecule has 1 rings (SSSR count). The van der Waals surface area contributed by atoms with Gasteiger partial charge in [-0.2, -0.15) is 12.6 Å². The van der Waals surface area contributed by atoms with E-state index < -0.39 is 0 Å². The number of nitrogens with zero attached hydrogens (tertiary/aromatic N) is 1. The van der Waals surface area contributed by atoms with E-state index in [1.54, 1.807) is 11.8 Å². The second-order valence-electron chi connectivity index (χ2n) is 3.11. The largest absolute Gasteiger partial charge is 0.294 e. The number of thiol groups is 1. The van der Waals surface area contributed by atoms with Gasteiger partial charge in [0, 0.05) is 4.90 Å². The van der Waals surface area contributed by atoms with Crippen LogP contribution in [0.15, 0.2) is 29.2 Å². The van der Waals surface area contributed by atoms with Crippen molar-refractivity contribution in [2.75, 3.05) is 20.4 Å². The molecule has 0 heterocycles. The molecule has 1 unspecified atom stereocenters. The standard InChI is InChI=1S/C10H15NS2/c1-11(2)10(12)8-4-6-9(13-3)7-5-8/h4-7,10,12H,1-3H3. The molecule has 0 aromatic heterocycles. The molecule has 0 N–H and O–H groups in total. The highest BCUT2D eigenvalue weighted by molar-refractivity contribution is 7.98. The Morgan fingerprint density at radius 3 is 2.15 bits per heavy atom. The van der Waals surface area contributed by atoms with Crippen molar-refractivity contribution in [1.29, 1.82) is 0 Å². The SMILES string of the molecule is CSc1ccc(C(S)N(C)C)cc1. The van der Waals surface area contributed by atoms with E-state index in [0.29, 0.717) is 0 Å². The summed E-state index contributed by atoms with van der Waals surface area (Å²) in [6, 6.07) is 8.52. The Balaban J connectivity index is 2.79. The summed E-state index contributed by atoms with van der Waals surface area (Å²) in [6.07, 6.45) is 2.08. The molecule has 0 saturated heterocycles. The van der Waals surface area contributed by atoms with Gasteiger partial charge in [-0.1, -0.05) is 12.1 Å².